The molecule has 4 atom stereocenters. The van der Waals surface area contributed by atoms with Gasteiger partial charge in [0, 0.05) is 19.6 Å². The molecule has 11 heteroatoms. The molecule has 2 N–H and O–H groups in total. The van der Waals surface area contributed by atoms with Crippen LogP contribution in [0.1, 0.15) is 38.5 Å². The number of nitrogens with zero attached hydrogens (tertiary/aromatic N) is 2. The van der Waals surface area contributed by atoms with Gasteiger partial charge in [0.25, 0.3) is 0 Å². The SMILES string of the molecule is O=C(C[C@H]1CC[C@@H]2[C@H](COC[C@@H](O)CN2S(=O)(=O)c2ccc(F)cc2)O1)NCCN1CCCCC1. The molecule has 1 aromatic carbocycles. The lowest BCUT2D eigenvalue weighted by atomic mass is 9.96. The van der Waals surface area contributed by atoms with Gasteiger partial charge in [0.2, 0.25) is 15.9 Å². The van der Waals surface area contributed by atoms with Crippen molar-refractivity contribution >= 4 is 15.9 Å². The predicted molar refractivity (Wildman–Crippen MR) is 127 cm³/mol. The minimum Gasteiger partial charge on any atom is -0.389 e. The van der Waals surface area contributed by atoms with Crippen LogP contribution in [0.5, 0.6) is 0 Å². The summed E-state index contributed by atoms with van der Waals surface area (Å²) in [4.78, 5) is 14.8. The highest BCUT2D eigenvalue weighted by atomic mass is 32.2. The topological polar surface area (TPSA) is 108 Å². The molecule has 3 aliphatic heterocycles. The Hall–Kier alpha value is -1.63. The van der Waals surface area contributed by atoms with E-state index >= 15 is 0 Å². The standard InChI is InChI=1S/C24H36FN3O6S/c25-18-4-7-21(8-5-18)35(31,32)28-15-19(29)16-33-17-23-22(28)9-6-20(34-23)14-24(30)26-10-13-27-11-2-1-3-12-27/h4-5,7-8,19-20,22-23,29H,1-3,6,9-17H2,(H,26,30)/t19-,20+,22+,23-/m0/s1. The number of amides is 1. The Balaban J connectivity index is 1.36. The summed E-state index contributed by atoms with van der Waals surface area (Å²) in [6, 6.07) is 4.10. The van der Waals surface area contributed by atoms with E-state index < -0.39 is 34.1 Å². The molecule has 3 heterocycles. The van der Waals surface area contributed by atoms with Crippen LogP contribution in [0.15, 0.2) is 29.2 Å². The number of likely N-dealkylation sites (tertiary alicyclic amines) is 1. The first-order chi connectivity index (χ1) is 16.8. The smallest absolute Gasteiger partial charge is 0.243 e. The number of β-amino-alcohol motifs (C(OH)–C–C–N with tert-alkyl or cyclic N) is 1. The lowest BCUT2D eigenvalue weighted by molar-refractivity contribution is -0.146. The van der Waals surface area contributed by atoms with Crippen molar-refractivity contribution < 1.29 is 32.2 Å². The van der Waals surface area contributed by atoms with Crippen LogP contribution in [-0.2, 0) is 24.3 Å². The first-order valence-corrected chi connectivity index (χ1v) is 13.9. The van der Waals surface area contributed by atoms with Gasteiger partial charge in [0.05, 0.1) is 48.9 Å². The molecule has 3 fully saturated rings. The van der Waals surface area contributed by atoms with E-state index in [2.05, 4.69) is 10.2 Å². The van der Waals surface area contributed by atoms with Gasteiger partial charge in [-0.3, -0.25) is 4.79 Å². The van der Waals surface area contributed by atoms with Crippen molar-refractivity contribution in [1.82, 2.24) is 14.5 Å². The van der Waals surface area contributed by atoms with Crippen LogP contribution in [0.3, 0.4) is 0 Å². The lowest BCUT2D eigenvalue weighted by Crippen LogP contribution is -2.57. The van der Waals surface area contributed by atoms with Gasteiger partial charge in [-0.05, 0) is 63.0 Å². The summed E-state index contributed by atoms with van der Waals surface area (Å²) in [7, 11) is -4.00. The second kappa shape index (κ2) is 12.1. The van der Waals surface area contributed by atoms with Gasteiger partial charge in [0.15, 0.2) is 0 Å². The number of rotatable bonds is 7. The fraction of sp³-hybridized carbons (Fsp3) is 0.708. The van der Waals surface area contributed by atoms with Crippen molar-refractivity contribution in [2.24, 2.45) is 0 Å². The maximum atomic E-state index is 13.4. The van der Waals surface area contributed by atoms with Crippen LogP contribution in [-0.4, -0.2) is 98.9 Å². The van der Waals surface area contributed by atoms with Crippen LogP contribution >= 0.6 is 0 Å². The van der Waals surface area contributed by atoms with Crippen molar-refractivity contribution in [2.75, 3.05) is 45.9 Å². The maximum Gasteiger partial charge on any atom is 0.243 e. The molecule has 0 aromatic heterocycles. The number of hydrogen-bond donors (Lipinski definition) is 2. The number of benzene rings is 1. The fourth-order valence-corrected chi connectivity index (χ4v) is 6.85. The molecule has 0 bridgehead atoms. The quantitative estimate of drug-likeness (QED) is 0.563. The number of aliphatic hydroxyl groups excluding tert-OH is 1. The second-order valence-electron chi connectivity index (χ2n) is 9.62. The fourth-order valence-electron chi connectivity index (χ4n) is 5.13. The molecule has 0 radical (unpaired) electrons. The third-order valence-electron chi connectivity index (χ3n) is 6.97. The highest BCUT2D eigenvalue weighted by Crippen LogP contribution is 2.31. The van der Waals surface area contributed by atoms with Crippen LogP contribution in [0.4, 0.5) is 4.39 Å². The van der Waals surface area contributed by atoms with E-state index in [1.165, 1.54) is 35.7 Å². The molecule has 196 valence electrons. The van der Waals surface area contributed by atoms with E-state index in [1.54, 1.807) is 0 Å². The largest absolute Gasteiger partial charge is 0.389 e. The number of hydrogen-bond acceptors (Lipinski definition) is 7. The number of piperidine rings is 1. The van der Waals surface area contributed by atoms with E-state index in [9.17, 15) is 22.7 Å². The van der Waals surface area contributed by atoms with Crippen LogP contribution in [0.25, 0.3) is 0 Å². The van der Waals surface area contributed by atoms with Crippen LogP contribution in [0.2, 0.25) is 0 Å². The van der Waals surface area contributed by atoms with Gasteiger partial charge in [-0.1, -0.05) is 6.42 Å². The first-order valence-electron chi connectivity index (χ1n) is 12.5. The molecular formula is C24H36FN3O6S. The number of carbonyl (C=O) groups excluding carboxylic acids is 1. The summed E-state index contributed by atoms with van der Waals surface area (Å²) in [5, 5.41) is 13.3. The van der Waals surface area contributed by atoms with Gasteiger partial charge in [-0.2, -0.15) is 4.31 Å². The van der Waals surface area contributed by atoms with Gasteiger partial charge in [-0.25, -0.2) is 12.8 Å². The highest BCUT2D eigenvalue weighted by molar-refractivity contribution is 7.89. The van der Waals surface area contributed by atoms with Gasteiger partial charge < -0.3 is 24.8 Å². The van der Waals surface area contributed by atoms with E-state index in [1.807, 2.05) is 0 Å². The Labute approximate surface area is 206 Å². The zero-order chi connectivity index (χ0) is 24.8. The Morgan fingerprint density at radius 1 is 1.11 bits per heavy atom. The first kappa shape index (κ1) is 26.4. The summed E-state index contributed by atoms with van der Waals surface area (Å²) in [6.45, 7) is 3.55. The van der Waals surface area contributed by atoms with E-state index in [0.29, 0.717) is 19.4 Å². The molecule has 4 rings (SSSR count). The summed E-state index contributed by atoms with van der Waals surface area (Å²) < 4.78 is 53.2. The average Bonchev–Trinajstić information content (AvgIpc) is 2.83. The number of fused-ring (bicyclic) bond motifs is 1. The van der Waals surface area contributed by atoms with E-state index in [-0.39, 0.29) is 43.1 Å². The number of aliphatic hydroxyl groups is 1. The van der Waals surface area contributed by atoms with Crippen molar-refractivity contribution in [3.8, 4) is 0 Å². The summed E-state index contributed by atoms with van der Waals surface area (Å²) in [5.74, 6) is -0.607. The normalized spacial score (nSPS) is 29.1. The Morgan fingerprint density at radius 3 is 2.60 bits per heavy atom. The summed E-state index contributed by atoms with van der Waals surface area (Å²) >= 11 is 0. The van der Waals surface area contributed by atoms with Crippen molar-refractivity contribution in [2.45, 2.75) is 67.8 Å². The molecule has 3 saturated heterocycles. The molecule has 9 nitrogen and oxygen atoms in total. The molecule has 0 saturated carbocycles. The van der Waals surface area contributed by atoms with Gasteiger partial charge in [-0.15, -0.1) is 0 Å². The molecule has 1 amide bonds. The zero-order valence-corrected chi connectivity index (χ0v) is 20.8. The van der Waals surface area contributed by atoms with Crippen molar-refractivity contribution in [1.29, 1.82) is 0 Å². The molecule has 0 spiro atoms. The van der Waals surface area contributed by atoms with Gasteiger partial charge in [0.1, 0.15) is 5.82 Å². The van der Waals surface area contributed by atoms with E-state index in [4.69, 9.17) is 9.47 Å². The van der Waals surface area contributed by atoms with Crippen molar-refractivity contribution in [3.63, 3.8) is 0 Å². The highest BCUT2D eigenvalue weighted by Gasteiger charge is 2.43. The number of ether oxygens (including phenoxy) is 2. The maximum absolute atomic E-state index is 13.4. The number of carbonyl (C=O) groups is 1. The van der Waals surface area contributed by atoms with Gasteiger partial charge >= 0.3 is 0 Å². The lowest BCUT2D eigenvalue weighted by Gasteiger charge is -2.43. The Kier molecular flexibility index (Phi) is 9.12. The minimum absolute atomic E-state index is 0.0241. The molecule has 35 heavy (non-hydrogen) atoms. The van der Waals surface area contributed by atoms with Crippen molar-refractivity contribution in [3.05, 3.63) is 30.1 Å². The molecule has 0 unspecified atom stereocenters. The second-order valence-corrected chi connectivity index (χ2v) is 11.5. The molecular weight excluding hydrogens is 477 g/mol. The summed E-state index contributed by atoms with van der Waals surface area (Å²) in [5.41, 5.74) is 0. The van der Waals surface area contributed by atoms with Crippen LogP contribution in [0, 0.1) is 5.82 Å². The number of halogens is 1. The number of sulfonamides is 1. The molecule has 3 aliphatic rings. The average molecular weight is 514 g/mol. The molecule has 1 aromatic rings. The molecule has 0 aliphatic carbocycles. The Bertz CT molecular complexity index is 941. The third kappa shape index (κ3) is 6.99. The van der Waals surface area contributed by atoms with Crippen LogP contribution < -0.4 is 5.32 Å². The third-order valence-corrected chi connectivity index (χ3v) is 8.87. The summed E-state index contributed by atoms with van der Waals surface area (Å²) in [6.07, 6.45) is 2.96. The zero-order valence-electron chi connectivity index (χ0n) is 20.0. The number of nitrogens with one attached hydrogen (secondary N) is 1. The van der Waals surface area contributed by atoms with E-state index in [0.717, 1.165) is 31.8 Å². The predicted octanol–water partition coefficient (Wildman–Crippen LogP) is 1.12. The monoisotopic (exact) mass is 513 g/mol. The Morgan fingerprint density at radius 2 is 1.86 bits per heavy atom. The minimum atomic E-state index is -4.00.